The molecule has 7 nitrogen and oxygen atoms in total. The molecule has 150 valence electrons. The first-order chi connectivity index (χ1) is 14.2. The lowest BCUT2D eigenvalue weighted by Gasteiger charge is -2.34. The van der Waals surface area contributed by atoms with Gasteiger partial charge in [-0.15, -0.1) is 0 Å². The van der Waals surface area contributed by atoms with Crippen molar-refractivity contribution in [1.29, 1.82) is 0 Å². The predicted molar refractivity (Wildman–Crippen MR) is 109 cm³/mol. The molecule has 0 unspecified atom stereocenters. The fourth-order valence-electron chi connectivity index (χ4n) is 3.19. The summed E-state index contributed by atoms with van der Waals surface area (Å²) >= 11 is 5.87. The van der Waals surface area contributed by atoms with Crippen LogP contribution in [0.15, 0.2) is 59.4 Å². The van der Waals surface area contributed by atoms with E-state index in [-0.39, 0.29) is 5.91 Å². The monoisotopic (exact) mass is 412 g/mol. The van der Waals surface area contributed by atoms with Gasteiger partial charge in [-0.2, -0.15) is 0 Å². The van der Waals surface area contributed by atoms with Crippen molar-refractivity contribution in [1.82, 2.24) is 19.9 Å². The summed E-state index contributed by atoms with van der Waals surface area (Å²) in [4.78, 5) is 20.8. The topological polar surface area (TPSA) is 71.7 Å². The number of aromatic nitrogens is 2. The van der Waals surface area contributed by atoms with Crippen molar-refractivity contribution in [2.75, 3.05) is 39.3 Å². The van der Waals surface area contributed by atoms with Gasteiger partial charge in [0.2, 0.25) is 0 Å². The van der Waals surface area contributed by atoms with Crippen molar-refractivity contribution in [3.63, 3.8) is 0 Å². The Morgan fingerprint density at radius 1 is 1.07 bits per heavy atom. The van der Waals surface area contributed by atoms with Crippen LogP contribution >= 0.6 is 11.6 Å². The third kappa shape index (κ3) is 4.93. The van der Waals surface area contributed by atoms with Gasteiger partial charge in [0.15, 0.2) is 11.5 Å². The predicted octanol–water partition coefficient (Wildman–Crippen LogP) is 3.23. The molecule has 8 heteroatoms. The Labute approximate surface area is 173 Å². The smallest absolute Gasteiger partial charge is 0.276 e. The van der Waals surface area contributed by atoms with E-state index < -0.39 is 0 Å². The largest absolute Gasteiger partial charge is 0.492 e. The molecule has 3 aromatic rings. The van der Waals surface area contributed by atoms with Gasteiger partial charge in [-0.05, 0) is 36.4 Å². The van der Waals surface area contributed by atoms with Crippen LogP contribution in [-0.2, 0) is 0 Å². The van der Waals surface area contributed by atoms with E-state index >= 15 is 0 Å². The van der Waals surface area contributed by atoms with E-state index in [0.29, 0.717) is 36.2 Å². The molecular formula is C21H21ClN4O3. The van der Waals surface area contributed by atoms with E-state index in [1.807, 2.05) is 41.3 Å². The fourth-order valence-corrected chi connectivity index (χ4v) is 3.31. The van der Waals surface area contributed by atoms with E-state index in [4.69, 9.17) is 20.9 Å². The lowest BCUT2D eigenvalue weighted by Crippen LogP contribution is -2.49. The fraction of sp³-hybridized carbons (Fsp3) is 0.286. The minimum absolute atomic E-state index is 0.105. The number of nitrogens with zero attached hydrogens (tertiary/aromatic N) is 4. The molecule has 1 aliphatic rings. The van der Waals surface area contributed by atoms with Gasteiger partial charge in [0.1, 0.15) is 12.4 Å². The van der Waals surface area contributed by atoms with Gasteiger partial charge in [0, 0.05) is 61.8 Å². The Kier molecular flexibility index (Phi) is 6.07. The number of benzene rings is 1. The molecule has 4 rings (SSSR count). The number of halogens is 1. The van der Waals surface area contributed by atoms with Crippen LogP contribution in [0.1, 0.15) is 10.5 Å². The molecule has 0 saturated carbocycles. The second kappa shape index (κ2) is 9.07. The van der Waals surface area contributed by atoms with E-state index in [0.717, 1.165) is 30.9 Å². The Morgan fingerprint density at radius 3 is 2.52 bits per heavy atom. The van der Waals surface area contributed by atoms with Crippen LogP contribution in [0.25, 0.3) is 11.3 Å². The van der Waals surface area contributed by atoms with E-state index in [1.165, 1.54) is 0 Å². The molecular weight excluding hydrogens is 392 g/mol. The number of piperazine rings is 1. The molecule has 2 aromatic heterocycles. The highest BCUT2D eigenvalue weighted by molar-refractivity contribution is 6.30. The van der Waals surface area contributed by atoms with Crippen LogP contribution in [0.5, 0.6) is 5.75 Å². The molecule has 29 heavy (non-hydrogen) atoms. The zero-order valence-electron chi connectivity index (χ0n) is 15.8. The maximum Gasteiger partial charge on any atom is 0.276 e. The molecule has 1 amide bonds. The molecule has 1 aromatic carbocycles. The highest BCUT2D eigenvalue weighted by atomic mass is 35.5. The van der Waals surface area contributed by atoms with Gasteiger partial charge in [-0.25, -0.2) is 0 Å². The van der Waals surface area contributed by atoms with Crippen molar-refractivity contribution in [3.05, 3.63) is 65.6 Å². The van der Waals surface area contributed by atoms with Crippen molar-refractivity contribution in [2.45, 2.75) is 0 Å². The van der Waals surface area contributed by atoms with Crippen molar-refractivity contribution >= 4 is 17.5 Å². The third-order valence-corrected chi connectivity index (χ3v) is 5.10. The van der Waals surface area contributed by atoms with Gasteiger partial charge in [0.25, 0.3) is 5.91 Å². The van der Waals surface area contributed by atoms with Crippen molar-refractivity contribution in [2.24, 2.45) is 0 Å². The first-order valence-corrected chi connectivity index (χ1v) is 9.84. The van der Waals surface area contributed by atoms with Gasteiger partial charge >= 0.3 is 0 Å². The number of rotatable bonds is 6. The van der Waals surface area contributed by atoms with Gasteiger partial charge in [-0.3, -0.25) is 14.7 Å². The highest BCUT2D eigenvalue weighted by Gasteiger charge is 2.24. The van der Waals surface area contributed by atoms with Crippen molar-refractivity contribution < 1.29 is 14.1 Å². The van der Waals surface area contributed by atoms with E-state index in [9.17, 15) is 4.79 Å². The maximum atomic E-state index is 12.7. The van der Waals surface area contributed by atoms with Gasteiger partial charge in [-0.1, -0.05) is 16.8 Å². The number of hydrogen-bond acceptors (Lipinski definition) is 6. The number of carbonyl (C=O) groups is 1. The zero-order chi connectivity index (χ0) is 20.1. The summed E-state index contributed by atoms with van der Waals surface area (Å²) < 4.78 is 11.1. The summed E-state index contributed by atoms with van der Waals surface area (Å²) in [5.41, 5.74) is 1.17. The SMILES string of the molecule is O=C(c1cc(-c2ccncc2)on1)N1CCN(CCOc2ccc(Cl)cc2)CC1. The summed E-state index contributed by atoms with van der Waals surface area (Å²) in [7, 11) is 0. The number of carbonyl (C=O) groups excluding carboxylic acids is 1. The molecule has 0 atom stereocenters. The van der Waals surface area contributed by atoms with E-state index in [1.54, 1.807) is 18.5 Å². The summed E-state index contributed by atoms with van der Waals surface area (Å²) in [6.07, 6.45) is 3.35. The van der Waals surface area contributed by atoms with Crippen LogP contribution in [-0.4, -0.2) is 65.2 Å². The molecule has 0 spiro atoms. The second-order valence-electron chi connectivity index (χ2n) is 6.75. The summed E-state index contributed by atoms with van der Waals surface area (Å²) in [6.45, 7) is 4.29. The molecule has 0 aliphatic carbocycles. The van der Waals surface area contributed by atoms with Crippen LogP contribution in [0, 0.1) is 0 Å². The summed E-state index contributed by atoms with van der Waals surface area (Å²) in [5, 5.41) is 4.64. The lowest BCUT2D eigenvalue weighted by molar-refractivity contribution is 0.0610. The number of pyridine rings is 1. The Hall–Kier alpha value is -2.90. The molecule has 0 N–H and O–H groups in total. The quantitative estimate of drug-likeness (QED) is 0.619. The van der Waals surface area contributed by atoms with E-state index in [2.05, 4.69) is 15.0 Å². The van der Waals surface area contributed by atoms with Gasteiger partial charge in [0.05, 0.1) is 0 Å². The highest BCUT2D eigenvalue weighted by Crippen LogP contribution is 2.20. The second-order valence-corrected chi connectivity index (χ2v) is 7.18. The standard InChI is InChI=1S/C21H21ClN4O3/c22-17-1-3-18(4-2-17)28-14-13-25-9-11-26(12-10-25)21(27)19-15-20(29-24-19)16-5-7-23-8-6-16/h1-8,15H,9-14H2. The van der Waals surface area contributed by atoms with Crippen LogP contribution in [0.4, 0.5) is 0 Å². The minimum atomic E-state index is -0.105. The average molecular weight is 413 g/mol. The molecule has 0 bridgehead atoms. The normalized spacial score (nSPS) is 14.7. The average Bonchev–Trinajstić information content (AvgIpc) is 3.26. The molecule has 0 radical (unpaired) electrons. The van der Waals surface area contributed by atoms with Crippen LogP contribution < -0.4 is 4.74 Å². The summed E-state index contributed by atoms with van der Waals surface area (Å²) in [5.74, 6) is 1.26. The molecule has 3 heterocycles. The van der Waals surface area contributed by atoms with Crippen LogP contribution in [0.2, 0.25) is 5.02 Å². The first kappa shape index (κ1) is 19.4. The van der Waals surface area contributed by atoms with Crippen molar-refractivity contribution in [3.8, 4) is 17.1 Å². The first-order valence-electron chi connectivity index (χ1n) is 9.46. The number of hydrogen-bond donors (Lipinski definition) is 0. The Morgan fingerprint density at radius 2 is 1.79 bits per heavy atom. The number of ether oxygens (including phenoxy) is 1. The van der Waals surface area contributed by atoms with Crippen LogP contribution in [0.3, 0.4) is 0 Å². The lowest BCUT2D eigenvalue weighted by atomic mass is 10.2. The number of amides is 1. The minimum Gasteiger partial charge on any atom is -0.492 e. The molecule has 1 aliphatic heterocycles. The van der Waals surface area contributed by atoms with Gasteiger partial charge < -0.3 is 14.2 Å². The third-order valence-electron chi connectivity index (χ3n) is 4.84. The summed E-state index contributed by atoms with van der Waals surface area (Å²) in [6, 6.07) is 12.7. The zero-order valence-corrected chi connectivity index (χ0v) is 16.6. The molecule has 1 saturated heterocycles. The Bertz CT molecular complexity index is 938. The maximum absolute atomic E-state index is 12.7. The Balaban J connectivity index is 1.24. The molecule has 1 fully saturated rings.